The first-order valence-electron chi connectivity index (χ1n) is 11.5. The Morgan fingerprint density at radius 1 is 1.03 bits per heavy atom. The maximum Gasteiger partial charge on any atom is 0.259 e. The topological polar surface area (TPSA) is 41.6 Å². The molecule has 3 aromatic rings. The largest absolute Gasteiger partial charge is 0.497 e. The minimum absolute atomic E-state index is 0.0723. The summed E-state index contributed by atoms with van der Waals surface area (Å²) in [6.07, 6.45) is 3.19. The summed E-state index contributed by atoms with van der Waals surface area (Å²) in [5, 5.41) is 3.70. The van der Waals surface area contributed by atoms with Gasteiger partial charge in [-0.1, -0.05) is 42.1 Å². The molecule has 1 aliphatic carbocycles. The maximum absolute atomic E-state index is 13.3. The Kier molecular flexibility index (Phi) is 6.14. The van der Waals surface area contributed by atoms with E-state index in [1.54, 1.807) is 18.9 Å². The van der Waals surface area contributed by atoms with Crippen molar-refractivity contribution in [3.63, 3.8) is 0 Å². The number of fused-ring (bicyclic) bond motifs is 2. The average Bonchev–Trinajstić information content (AvgIpc) is 3.69. The molecule has 2 aliphatic rings. The molecule has 1 aliphatic heterocycles. The zero-order chi connectivity index (χ0) is 22.8. The summed E-state index contributed by atoms with van der Waals surface area (Å²) < 4.78 is 5.35. The Labute approximate surface area is 199 Å². The third-order valence-electron chi connectivity index (χ3n) is 6.14. The number of hydrogen-bond donors (Lipinski definition) is 1. The van der Waals surface area contributed by atoms with Crippen molar-refractivity contribution in [3.05, 3.63) is 89.0 Å². The van der Waals surface area contributed by atoms with E-state index in [2.05, 4.69) is 35.6 Å². The fourth-order valence-electron chi connectivity index (χ4n) is 4.29. The van der Waals surface area contributed by atoms with Crippen LogP contribution in [0.15, 0.2) is 82.1 Å². The molecular weight excluding hydrogens is 428 g/mol. The normalized spacial score (nSPS) is 14.3. The van der Waals surface area contributed by atoms with Crippen LogP contribution < -0.4 is 15.0 Å². The number of ether oxygens (including phenoxy) is 1. The van der Waals surface area contributed by atoms with Gasteiger partial charge in [-0.3, -0.25) is 4.79 Å². The fourth-order valence-corrected chi connectivity index (χ4v) is 5.35. The Hall–Kier alpha value is -3.18. The molecule has 4 nitrogen and oxygen atoms in total. The maximum atomic E-state index is 13.3. The van der Waals surface area contributed by atoms with Crippen LogP contribution in [0, 0.1) is 0 Å². The SMILES string of the molecule is CCN1C(=O)c2ccccc2Sc2ccc(C(NCCc3cccc(OC)c3)=C3CC3)cc21. The lowest BCUT2D eigenvalue weighted by Crippen LogP contribution is -2.30. The lowest BCUT2D eigenvalue weighted by atomic mass is 10.1. The summed E-state index contributed by atoms with van der Waals surface area (Å²) in [5.74, 6) is 0.963. The van der Waals surface area contributed by atoms with Gasteiger partial charge < -0.3 is 15.0 Å². The molecule has 3 aromatic carbocycles. The van der Waals surface area contributed by atoms with Crippen molar-refractivity contribution in [2.75, 3.05) is 25.1 Å². The Bertz CT molecular complexity index is 1230. The smallest absolute Gasteiger partial charge is 0.259 e. The number of nitrogens with one attached hydrogen (secondary N) is 1. The quantitative estimate of drug-likeness (QED) is 0.462. The van der Waals surface area contributed by atoms with E-state index >= 15 is 0 Å². The minimum Gasteiger partial charge on any atom is -0.497 e. The second kappa shape index (κ2) is 9.36. The van der Waals surface area contributed by atoms with Crippen molar-refractivity contribution in [2.45, 2.75) is 36.0 Å². The van der Waals surface area contributed by atoms with Gasteiger partial charge in [-0.25, -0.2) is 0 Å². The van der Waals surface area contributed by atoms with Crippen LogP contribution in [-0.4, -0.2) is 26.1 Å². The van der Waals surface area contributed by atoms with E-state index in [0.717, 1.165) is 58.2 Å². The van der Waals surface area contributed by atoms with E-state index in [9.17, 15) is 4.79 Å². The number of hydrogen-bond acceptors (Lipinski definition) is 4. The van der Waals surface area contributed by atoms with Crippen molar-refractivity contribution in [1.82, 2.24) is 5.32 Å². The van der Waals surface area contributed by atoms with E-state index in [1.807, 2.05) is 48.2 Å². The summed E-state index contributed by atoms with van der Waals surface area (Å²) in [6, 6.07) is 22.7. The molecular formula is C28H28N2O2S. The first kappa shape index (κ1) is 21.7. The molecule has 0 unspecified atom stereocenters. The van der Waals surface area contributed by atoms with Crippen molar-refractivity contribution in [1.29, 1.82) is 0 Å². The van der Waals surface area contributed by atoms with Gasteiger partial charge in [-0.2, -0.15) is 0 Å². The standard InChI is InChI=1S/C28H28N2O2S/c1-3-30-24-18-21(13-14-26(24)33-25-10-5-4-9-23(25)28(30)31)27(20-11-12-20)29-16-15-19-7-6-8-22(17-19)32-2/h4-10,13-14,17-18,29H,3,11-12,15-16H2,1-2H3. The van der Waals surface area contributed by atoms with Gasteiger partial charge in [0.1, 0.15) is 5.75 Å². The molecule has 1 heterocycles. The average molecular weight is 457 g/mol. The number of benzene rings is 3. The molecule has 5 heteroatoms. The number of nitrogens with zero attached hydrogens (tertiary/aromatic N) is 1. The lowest BCUT2D eigenvalue weighted by Gasteiger charge is -2.22. The van der Waals surface area contributed by atoms with Crippen LogP contribution in [-0.2, 0) is 6.42 Å². The number of rotatable bonds is 7. The van der Waals surface area contributed by atoms with Crippen molar-refractivity contribution >= 4 is 29.1 Å². The van der Waals surface area contributed by atoms with Crippen molar-refractivity contribution in [3.8, 4) is 5.75 Å². The predicted octanol–water partition coefficient (Wildman–Crippen LogP) is 6.16. The molecule has 0 saturated heterocycles. The van der Waals surface area contributed by atoms with Crippen LogP contribution in [0.4, 0.5) is 5.69 Å². The Morgan fingerprint density at radius 2 is 1.88 bits per heavy atom. The highest BCUT2D eigenvalue weighted by atomic mass is 32.2. The number of methoxy groups -OCH3 is 1. The number of amides is 1. The van der Waals surface area contributed by atoms with Gasteiger partial charge in [0.15, 0.2) is 0 Å². The highest BCUT2D eigenvalue weighted by Gasteiger charge is 2.27. The van der Waals surface area contributed by atoms with Crippen molar-refractivity contribution < 1.29 is 9.53 Å². The predicted molar refractivity (Wildman–Crippen MR) is 135 cm³/mol. The molecule has 0 atom stereocenters. The molecule has 1 fully saturated rings. The highest BCUT2D eigenvalue weighted by molar-refractivity contribution is 7.99. The van der Waals surface area contributed by atoms with Gasteiger partial charge >= 0.3 is 0 Å². The molecule has 1 saturated carbocycles. The summed E-state index contributed by atoms with van der Waals surface area (Å²) in [7, 11) is 1.70. The van der Waals surface area contributed by atoms with Crippen LogP contribution in [0.5, 0.6) is 5.75 Å². The molecule has 0 radical (unpaired) electrons. The van der Waals surface area contributed by atoms with Crippen LogP contribution in [0.2, 0.25) is 0 Å². The van der Waals surface area contributed by atoms with Crippen molar-refractivity contribution in [2.24, 2.45) is 0 Å². The number of carbonyl (C=O) groups excluding carboxylic acids is 1. The molecule has 168 valence electrons. The summed E-state index contributed by atoms with van der Waals surface area (Å²) in [6.45, 7) is 3.53. The molecule has 5 rings (SSSR count). The van der Waals surface area contributed by atoms with Gasteiger partial charge in [0.2, 0.25) is 0 Å². The third-order valence-corrected chi connectivity index (χ3v) is 7.28. The van der Waals surface area contributed by atoms with Crippen LogP contribution >= 0.6 is 11.8 Å². The first-order valence-corrected chi connectivity index (χ1v) is 12.3. The Balaban J connectivity index is 1.41. The van der Waals surface area contributed by atoms with Gasteiger partial charge in [0.05, 0.1) is 18.4 Å². The summed E-state index contributed by atoms with van der Waals surface area (Å²) in [4.78, 5) is 17.4. The lowest BCUT2D eigenvalue weighted by molar-refractivity contribution is 0.0985. The van der Waals surface area contributed by atoms with Gasteiger partial charge in [0, 0.05) is 28.6 Å². The van der Waals surface area contributed by atoms with E-state index in [-0.39, 0.29) is 5.91 Å². The minimum atomic E-state index is 0.0723. The molecule has 0 spiro atoms. The molecule has 1 N–H and O–H groups in total. The number of carbonyl (C=O) groups is 1. The summed E-state index contributed by atoms with van der Waals surface area (Å²) in [5.41, 5.74) is 6.86. The summed E-state index contributed by atoms with van der Waals surface area (Å²) >= 11 is 1.68. The van der Waals surface area contributed by atoms with Gasteiger partial charge in [0.25, 0.3) is 5.91 Å². The fraction of sp³-hybridized carbons (Fsp3) is 0.250. The molecule has 1 amide bonds. The van der Waals surface area contributed by atoms with E-state index in [4.69, 9.17) is 4.74 Å². The highest BCUT2D eigenvalue weighted by Crippen LogP contribution is 2.43. The number of anilines is 1. The van der Waals surface area contributed by atoms with Crippen LogP contribution in [0.1, 0.15) is 41.3 Å². The Morgan fingerprint density at radius 3 is 2.67 bits per heavy atom. The van der Waals surface area contributed by atoms with Crippen LogP contribution in [0.25, 0.3) is 5.70 Å². The molecule has 0 bridgehead atoms. The second-order valence-corrected chi connectivity index (χ2v) is 9.42. The van der Waals surface area contributed by atoms with Crippen LogP contribution in [0.3, 0.4) is 0 Å². The van der Waals surface area contributed by atoms with Gasteiger partial charge in [-0.05, 0) is 79.3 Å². The van der Waals surface area contributed by atoms with E-state index in [0.29, 0.717) is 6.54 Å². The zero-order valence-corrected chi connectivity index (χ0v) is 19.9. The van der Waals surface area contributed by atoms with E-state index < -0.39 is 0 Å². The third kappa shape index (κ3) is 4.51. The zero-order valence-electron chi connectivity index (χ0n) is 19.1. The monoisotopic (exact) mass is 456 g/mol. The molecule has 33 heavy (non-hydrogen) atoms. The second-order valence-electron chi connectivity index (χ2n) is 8.34. The van der Waals surface area contributed by atoms with Gasteiger partial charge in [-0.15, -0.1) is 0 Å². The number of allylic oxidation sites excluding steroid dienone is 1. The van der Waals surface area contributed by atoms with E-state index in [1.165, 1.54) is 16.8 Å². The first-order chi connectivity index (χ1) is 16.2. The molecule has 0 aromatic heterocycles.